The second kappa shape index (κ2) is 3.97. The quantitative estimate of drug-likeness (QED) is 0.801. The van der Waals surface area contributed by atoms with Crippen LogP contribution in [0, 0.1) is 0 Å². The number of nitrogens with two attached hydrogens (primary N) is 1. The lowest BCUT2D eigenvalue weighted by Crippen LogP contribution is -2.47. The smallest absolute Gasteiger partial charge is 0.324 e. The number of anilines is 1. The van der Waals surface area contributed by atoms with Crippen molar-refractivity contribution in [3.63, 3.8) is 0 Å². The Morgan fingerprint density at radius 1 is 1.57 bits per heavy atom. The maximum atomic E-state index is 11.9. The minimum Gasteiger partial charge on any atom is -0.324 e. The Hall–Kier alpha value is -1.08. The zero-order valence-corrected chi connectivity index (χ0v) is 7.65. The first-order valence-electron chi connectivity index (χ1n) is 3.56. The predicted molar refractivity (Wildman–Crippen MR) is 47.0 cm³/mol. The van der Waals surface area contributed by atoms with Gasteiger partial charge in [0.2, 0.25) is 0 Å². The number of carbonyl (C=O) groups excluding carboxylic acids is 1. The molecule has 1 heterocycles. The minimum atomic E-state index is -4.71. The summed E-state index contributed by atoms with van der Waals surface area (Å²) in [7, 11) is 0. The van der Waals surface area contributed by atoms with Gasteiger partial charge in [0.15, 0.2) is 6.04 Å². The number of rotatable bonds is 2. The van der Waals surface area contributed by atoms with Gasteiger partial charge in [-0.25, -0.2) is 0 Å². The lowest BCUT2D eigenvalue weighted by molar-refractivity contribution is -0.159. The Balaban J connectivity index is 2.59. The van der Waals surface area contributed by atoms with E-state index in [4.69, 9.17) is 0 Å². The molecule has 3 N–H and O–H groups in total. The molecule has 0 saturated carbocycles. The van der Waals surface area contributed by atoms with Crippen molar-refractivity contribution in [2.75, 3.05) is 5.32 Å². The average Bonchev–Trinajstić information content (AvgIpc) is 2.53. The maximum absolute atomic E-state index is 11.9. The van der Waals surface area contributed by atoms with Crippen molar-refractivity contribution < 1.29 is 18.0 Å². The second-order valence-electron chi connectivity index (χ2n) is 2.52. The highest BCUT2D eigenvalue weighted by atomic mass is 32.1. The fourth-order valence-electron chi connectivity index (χ4n) is 0.704. The first kappa shape index (κ1) is 11.0. The van der Waals surface area contributed by atoms with E-state index in [2.05, 4.69) is 11.1 Å². The van der Waals surface area contributed by atoms with E-state index in [0.29, 0.717) is 5.69 Å². The first-order chi connectivity index (χ1) is 6.41. The van der Waals surface area contributed by atoms with Gasteiger partial charge >= 0.3 is 6.18 Å². The molecule has 1 aromatic heterocycles. The molecule has 0 aliphatic heterocycles. The Bertz CT molecular complexity index is 309. The van der Waals surface area contributed by atoms with Crippen LogP contribution < -0.4 is 11.1 Å². The van der Waals surface area contributed by atoms with Crippen LogP contribution in [0.3, 0.4) is 0 Å². The van der Waals surface area contributed by atoms with Gasteiger partial charge in [0.05, 0.1) is 5.69 Å². The number of carbonyl (C=O) groups is 1. The van der Waals surface area contributed by atoms with E-state index in [1.165, 1.54) is 22.8 Å². The van der Waals surface area contributed by atoms with Crippen molar-refractivity contribution >= 4 is 22.9 Å². The van der Waals surface area contributed by atoms with Crippen LogP contribution in [0.4, 0.5) is 18.9 Å². The van der Waals surface area contributed by atoms with E-state index in [1.54, 1.807) is 5.38 Å². The van der Waals surface area contributed by atoms with Crippen LogP contribution in [0.25, 0.3) is 0 Å². The molecule has 0 radical (unpaired) electrons. The molecule has 0 aliphatic carbocycles. The van der Waals surface area contributed by atoms with Gasteiger partial charge in [-0.05, 0) is 11.4 Å². The van der Waals surface area contributed by atoms with Crippen molar-refractivity contribution in [3.05, 3.63) is 16.8 Å². The largest absolute Gasteiger partial charge is 0.412 e. The Morgan fingerprint density at radius 2 is 2.21 bits per heavy atom. The molecular formula is C7H7F3N2OS. The van der Waals surface area contributed by atoms with Gasteiger partial charge < -0.3 is 11.1 Å². The molecule has 7 heteroatoms. The standard InChI is InChI=1S/C7H7F3N2OS/c8-7(9,10)5(11)6(13)12-4-1-2-14-3-4/h1-3,5H,11H2,(H,12,13). The molecule has 0 aromatic carbocycles. The maximum Gasteiger partial charge on any atom is 0.412 e. The first-order valence-corrected chi connectivity index (χ1v) is 4.51. The third kappa shape index (κ3) is 2.71. The van der Waals surface area contributed by atoms with Crippen molar-refractivity contribution in [1.29, 1.82) is 0 Å². The molecule has 1 rings (SSSR count). The molecule has 0 aliphatic rings. The highest BCUT2D eigenvalue weighted by Crippen LogP contribution is 2.20. The van der Waals surface area contributed by atoms with E-state index < -0.39 is 18.1 Å². The molecule has 78 valence electrons. The predicted octanol–water partition coefficient (Wildman–Crippen LogP) is 1.58. The average molecular weight is 224 g/mol. The topological polar surface area (TPSA) is 55.1 Å². The molecule has 0 spiro atoms. The van der Waals surface area contributed by atoms with Crippen LogP contribution in [-0.4, -0.2) is 18.1 Å². The van der Waals surface area contributed by atoms with Gasteiger partial charge in [-0.1, -0.05) is 0 Å². The van der Waals surface area contributed by atoms with Crippen LogP contribution in [0.5, 0.6) is 0 Å². The Labute approximate surface area is 81.7 Å². The van der Waals surface area contributed by atoms with Crippen LogP contribution in [0.1, 0.15) is 0 Å². The van der Waals surface area contributed by atoms with Crippen LogP contribution in [-0.2, 0) is 4.79 Å². The van der Waals surface area contributed by atoms with Crippen molar-refractivity contribution in [2.24, 2.45) is 5.73 Å². The van der Waals surface area contributed by atoms with E-state index >= 15 is 0 Å². The number of thiophene rings is 1. The third-order valence-corrected chi connectivity index (χ3v) is 2.11. The molecule has 14 heavy (non-hydrogen) atoms. The summed E-state index contributed by atoms with van der Waals surface area (Å²) in [5.74, 6) is -1.25. The number of halogens is 3. The number of alkyl halides is 3. The third-order valence-electron chi connectivity index (χ3n) is 1.42. The summed E-state index contributed by atoms with van der Waals surface area (Å²) in [5.41, 5.74) is 5.00. The second-order valence-corrected chi connectivity index (χ2v) is 3.30. The molecular weight excluding hydrogens is 217 g/mol. The van der Waals surface area contributed by atoms with Crippen molar-refractivity contribution in [1.82, 2.24) is 0 Å². The highest BCUT2D eigenvalue weighted by Gasteiger charge is 2.41. The molecule has 0 fully saturated rings. The zero-order chi connectivity index (χ0) is 10.8. The SMILES string of the molecule is NC(C(=O)Nc1ccsc1)C(F)(F)F. The van der Waals surface area contributed by atoms with E-state index in [1.807, 2.05) is 0 Å². The van der Waals surface area contributed by atoms with Crippen LogP contribution in [0.15, 0.2) is 16.8 Å². The molecule has 0 saturated heterocycles. The van der Waals surface area contributed by atoms with E-state index in [9.17, 15) is 18.0 Å². The summed E-state index contributed by atoms with van der Waals surface area (Å²) in [4.78, 5) is 10.9. The summed E-state index contributed by atoms with van der Waals surface area (Å²) in [6, 6.07) is -0.992. The lowest BCUT2D eigenvalue weighted by atomic mass is 10.3. The number of hydrogen-bond acceptors (Lipinski definition) is 3. The molecule has 3 nitrogen and oxygen atoms in total. The molecule has 0 bridgehead atoms. The fourth-order valence-corrected chi connectivity index (χ4v) is 1.29. The van der Waals surface area contributed by atoms with Crippen LogP contribution >= 0.6 is 11.3 Å². The molecule has 1 atom stereocenters. The normalized spacial score (nSPS) is 13.7. The Kier molecular flexibility index (Phi) is 3.12. The summed E-state index contributed by atoms with van der Waals surface area (Å²) in [6.07, 6.45) is -4.71. The van der Waals surface area contributed by atoms with E-state index in [-0.39, 0.29) is 0 Å². The molecule has 1 unspecified atom stereocenters. The van der Waals surface area contributed by atoms with Crippen molar-refractivity contribution in [3.8, 4) is 0 Å². The van der Waals surface area contributed by atoms with Gasteiger partial charge in [-0.15, -0.1) is 0 Å². The summed E-state index contributed by atoms with van der Waals surface area (Å²) < 4.78 is 35.8. The number of amides is 1. The van der Waals surface area contributed by atoms with Gasteiger partial charge in [-0.3, -0.25) is 4.79 Å². The summed E-state index contributed by atoms with van der Waals surface area (Å²) in [6.45, 7) is 0. The summed E-state index contributed by atoms with van der Waals surface area (Å²) >= 11 is 1.26. The van der Waals surface area contributed by atoms with Crippen molar-refractivity contribution in [2.45, 2.75) is 12.2 Å². The number of nitrogens with one attached hydrogen (secondary N) is 1. The van der Waals surface area contributed by atoms with E-state index in [0.717, 1.165) is 0 Å². The fraction of sp³-hybridized carbons (Fsp3) is 0.286. The van der Waals surface area contributed by atoms with Crippen LogP contribution in [0.2, 0.25) is 0 Å². The Morgan fingerprint density at radius 3 is 2.64 bits per heavy atom. The van der Waals surface area contributed by atoms with Gasteiger partial charge in [0.1, 0.15) is 0 Å². The molecule has 1 aromatic rings. The summed E-state index contributed by atoms with van der Waals surface area (Å²) in [5, 5.41) is 5.20. The highest BCUT2D eigenvalue weighted by molar-refractivity contribution is 7.08. The number of hydrogen-bond donors (Lipinski definition) is 2. The zero-order valence-electron chi connectivity index (χ0n) is 6.84. The minimum absolute atomic E-state index is 0.319. The van der Waals surface area contributed by atoms with Gasteiger partial charge in [-0.2, -0.15) is 24.5 Å². The lowest BCUT2D eigenvalue weighted by Gasteiger charge is -2.14. The van der Waals surface area contributed by atoms with Gasteiger partial charge in [0, 0.05) is 5.38 Å². The van der Waals surface area contributed by atoms with Gasteiger partial charge in [0.25, 0.3) is 5.91 Å². The monoisotopic (exact) mass is 224 g/mol. The molecule has 1 amide bonds.